The van der Waals surface area contributed by atoms with Crippen molar-refractivity contribution in [3.63, 3.8) is 0 Å². The van der Waals surface area contributed by atoms with Gasteiger partial charge in [-0.05, 0) is 38.5 Å². The Bertz CT molecular complexity index is 455. The zero-order valence-electron chi connectivity index (χ0n) is 16.3. The van der Waals surface area contributed by atoms with Crippen molar-refractivity contribution < 1.29 is 4.74 Å². The summed E-state index contributed by atoms with van der Waals surface area (Å²) >= 11 is 0. The molecule has 1 saturated carbocycles. The number of guanidine groups is 1. The first-order valence-corrected chi connectivity index (χ1v) is 10.3. The van der Waals surface area contributed by atoms with Gasteiger partial charge in [-0.1, -0.05) is 30.9 Å². The van der Waals surface area contributed by atoms with Crippen molar-refractivity contribution in [1.82, 2.24) is 15.5 Å². The van der Waals surface area contributed by atoms with Crippen LogP contribution in [0.25, 0.3) is 0 Å². The van der Waals surface area contributed by atoms with Gasteiger partial charge in [0, 0.05) is 38.8 Å². The zero-order chi connectivity index (χ0) is 17.3. The number of hydrogen-bond acceptors (Lipinski definition) is 3. The van der Waals surface area contributed by atoms with E-state index in [9.17, 15) is 0 Å². The van der Waals surface area contributed by atoms with Gasteiger partial charge in [0.2, 0.25) is 0 Å². The average molecular weight is 476 g/mol. The van der Waals surface area contributed by atoms with Crippen LogP contribution in [0.5, 0.6) is 0 Å². The smallest absolute Gasteiger partial charge is 0.191 e. The number of halogens is 1. The van der Waals surface area contributed by atoms with Gasteiger partial charge < -0.3 is 20.3 Å². The van der Waals surface area contributed by atoms with Gasteiger partial charge in [0.15, 0.2) is 5.96 Å². The molecule has 0 unspecified atom stereocenters. The average Bonchev–Trinajstić information content (AvgIpc) is 2.69. The Morgan fingerprint density at radius 2 is 1.96 bits per heavy atom. The van der Waals surface area contributed by atoms with Gasteiger partial charge in [-0.25, -0.2) is 0 Å². The van der Waals surface area contributed by atoms with Gasteiger partial charge in [0.1, 0.15) is 0 Å². The van der Waals surface area contributed by atoms with Crippen LogP contribution in [0.1, 0.15) is 57.8 Å². The van der Waals surface area contributed by atoms with Crippen molar-refractivity contribution >= 4 is 29.9 Å². The molecule has 2 aliphatic heterocycles. The van der Waals surface area contributed by atoms with E-state index in [1.54, 1.807) is 0 Å². The van der Waals surface area contributed by atoms with Crippen LogP contribution >= 0.6 is 24.0 Å². The van der Waals surface area contributed by atoms with Gasteiger partial charge in [-0.2, -0.15) is 0 Å². The Labute approximate surface area is 176 Å². The molecule has 26 heavy (non-hydrogen) atoms. The summed E-state index contributed by atoms with van der Waals surface area (Å²) in [5.41, 5.74) is 1.51. The van der Waals surface area contributed by atoms with Crippen LogP contribution in [0, 0.1) is 0 Å². The number of piperidine rings is 1. The first-order chi connectivity index (χ1) is 12.3. The second-order valence-corrected chi connectivity index (χ2v) is 7.68. The Balaban J connectivity index is 0.00000243. The molecular weight excluding hydrogens is 439 g/mol. The molecule has 0 aromatic heterocycles. The third-order valence-electron chi connectivity index (χ3n) is 5.98. The first-order valence-electron chi connectivity index (χ1n) is 10.3. The van der Waals surface area contributed by atoms with E-state index in [-0.39, 0.29) is 24.0 Å². The molecule has 0 aromatic rings. The van der Waals surface area contributed by atoms with Crippen molar-refractivity contribution in [1.29, 1.82) is 0 Å². The predicted octanol–water partition coefficient (Wildman–Crippen LogP) is 3.30. The fraction of sp³-hybridized carbons (Fsp3) is 0.850. The summed E-state index contributed by atoms with van der Waals surface area (Å²) in [6, 6.07) is 1.42. The number of likely N-dealkylation sites (tertiary alicyclic amines) is 1. The maximum Gasteiger partial charge on any atom is 0.191 e. The standard InChI is InChI=1S/C20H36N4O.HI/c1-21-20(22-12-7-17-10-15-25-16-11-17)23-18-8-13-24(14-9-18)19-5-3-2-4-6-19;/h10,18-19H,2-9,11-16H2,1H3,(H2,21,22,23);1H. The van der Waals surface area contributed by atoms with Crippen molar-refractivity contribution in [2.24, 2.45) is 4.99 Å². The molecule has 0 spiro atoms. The molecule has 5 nitrogen and oxygen atoms in total. The second kappa shape index (κ2) is 12.2. The van der Waals surface area contributed by atoms with E-state index in [0.717, 1.165) is 44.6 Å². The van der Waals surface area contributed by atoms with E-state index in [1.807, 2.05) is 7.05 Å². The van der Waals surface area contributed by atoms with Gasteiger partial charge in [-0.15, -0.1) is 24.0 Å². The highest BCUT2D eigenvalue weighted by atomic mass is 127. The Kier molecular flexibility index (Phi) is 10.3. The van der Waals surface area contributed by atoms with E-state index in [1.165, 1.54) is 63.6 Å². The summed E-state index contributed by atoms with van der Waals surface area (Å²) in [7, 11) is 1.88. The summed E-state index contributed by atoms with van der Waals surface area (Å²) in [4.78, 5) is 7.15. The maximum absolute atomic E-state index is 5.36. The van der Waals surface area contributed by atoms with Gasteiger partial charge in [0.05, 0.1) is 13.2 Å². The number of aliphatic imine (C=N–C) groups is 1. The van der Waals surface area contributed by atoms with Gasteiger partial charge in [-0.3, -0.25) is 4.99 Å². The van der Waals surface area contributed by atoms with Crippen molar-refractivity contribution in [3.05, 3.63) is 11.6 Å². The van der Waals surface area contributed by atoms with Crippen LogP contribution in [0.2, 0.25) is 0 Å². The fourth-order valence-corrected chi connectivity index (χ4v) is 4.38. The van der Waals surface area contributed by atoms with E-state index >= 15 is 0 Å². The molecule has 2 N–H and O–H groups in total. The van der Waals surface area contributed by atoms with Crippen LogP contribution in [-0.2, 0) is 4.74 Å². The molecule has 2 heterocycles. The molecule has 3 rings (SSSR count). The SMILES string of the molecule is CN=C(NCCC1=CCOCC1)NC1CCN(C2CCCCC2)CC1.I. The molecule has 0 aromatic carbocycles. The van der Waals surface area contributed by atoms with Crippen molar-refractivity contribution in [2.45, 2.75) is 69.9 Å². The predicted molar refractivity (Wildman–Crippen MR) is 120 cm³/mol. The molecule has 1 saturated heterocycles. The lowest BCUT2D eigenvalue weighted by atomic mass is 9.92. The van der Waals surface area contributed by atoms with Crippen LogP contribution in [-0.4, -0.2) is 62.8 Å². The lowest BCUT2D eigenvalue weighted by molar-refractivity contribution is 0.119. The normalized spacial score (nSPS) is 23.9. The summed E-state index contributed by atoms with van der Waals surface area (Å²) in [5.74, 6) is 0.962. The fourth-order valence-electron chi connectivity index (χ4n) is 4.38. The van der Waals surface area contributed by atoms with Crippen LogP contribution in [0.4, 0.5) is 0 Å². The molecule has 2 fully saturated rings. The Hall–Kier alpha value is -0.340. The van der Waals surface area contributed by atoms with Crippen LogP contribution in [0.15, 0.2) is 16.6 Å². The highest BCUT2D eigenvalue weighted by Crippen LogP contribution is 2.25. The number of rotatable bonds is 5. The topological polar surface area (TPSA) is 48.9 Å². The van der Waals surface area contributed by atoms with Gasteiger partial charge in [0.25, 0.3) is 0 Å². The minimum Gasteiger partial charge on any atom is -0.377 e. The third kappa shape index (κ3) is 7.00. The highest BCUT2D eigenvalue weighted by molar-refractivity contribution is 14.0. The highest BCUT2D eigenvalue weighted by Gasteiger charge is 2.26. The molecule has 0 radical (unpaired) electrons. The molecule has 0 amide bonds. The molecule has 0 bridgehead atoms. The Morgan fingerprint density at radius 3 is 2.62 bits per heavy atom. The Morgan fingerprint density at radius 1 is 1.19 bits per heavy atom. The lowest BCUT2D eigenvalue weighted by Crippen LogP contribution is -2.51. The summed E-state index contributed by atoms with van der Waals surface area (Å²) in [6.45, 7) is 5.09. The minimum absolute atomic E-state index is 0. The molecule has 1 aliphatic carbocycles. The summed E-state index contributed by atoms with van der Waals surface area (Å²) < 4.78 is 5.36. The first kappa shape index (κ1) is 22.0. The maximum atomic E-state index is 5.36. The zero-order valence-corrected chi connectivity index (χ0v) is 18.7. The van der Waals surface area contributed by atoms with E-state index in [4.69, 9.17) is 4.74 Å². The monoisotopic (exact) mass is 476 g/mol. The largest absolute Gasteiger partial charge is 0.377 e. The van der Waals surface area contributed by atoms with Crippen LogP contribution in [0.3, 0.4) is 0 Å². The van der Waals surface area contributed by atoms with Gasteiger partial charge >= 0.3 is 0 Å². The second-order valence-electron chi connectivity index (χ2n) is 7.68. The third-order valence-corrected chi connectivity index (χ3v) is 5.98. The number of ether oxygens (including phenoxy) is 1. The van der Waals surface area contributed by atoms with E-state index < -0.39 is 0 Å². The summed E-state index contributed by atoms with van der Waals surface area (Å²) in [5, 5.41) is 7.12. The molecule has 150 valence electrons. The molecule has 6 heteroatoms. The lowest BCUT2D eigenvalue weighted by Gasteiger charge is -2.39. The van der Waals surface area contributed by atoms with Crippen molar-refractivity contribution in [2.75, 3.05) is 39.9 Å². The molecule has 3 aliphatic rings. The number of nitrogens with one attached hydrogen (secondary N) is 2. The molecule has 0 atom stereocenters. The van der Waals surface area contributed by atoms with Crippen LogP contribution < -0.4 is 10.6 Å². The minimum atomic E-state index is 0. The summed E-state index contributed by atoms with van der Waals surface area (Å²) in [6.07, 6.45) is 14.0. The quantitative estimate of drug-likeness (QED) is 0.277. The van der Waals surface area contributed by atoms with E-state index in [0.29, 0.717) is 6.04 Å². The van der Waals surface area contributed by atoms with E-state index in [2.05, 4.69) is 26.6 Å². The van der Waals surface area contributed by atoms with Crippen molar-refractivity contribution in [3.8, 4) is 0 Å². The molecular formula is C20H37IN4O. The number of hydrogen-bond donors (Lipinski definition) is 2. The number of nitrogens with zero attached hydrogens (tertiary/aromatic N) is 2.